The Morgan fingerprint density at radius 3 is 1.29 bits per heavy atom. The van der Waals surface area contributed by atoms with Crippen LogP contribution in [0.3, 0.4) is 0 Å². The number of carbonyl (C=O) groups is 9. The molecule has 0 radical (unpaired) electrons. The summed E-state index contributed by atoms with van der Waals surface area (Å²) in [6.07, 6.45) is 10.2. The van der Waals surface area contributed by atoms with Crippen LogP contribution in [-0.4, -0.2) is 215 Å². The zero-order valence-electron chi connectivity index (χ0n) is 65.8. The van der Waals surface area contributed by atoms with Crippen molar-refractivity contribution >= 4 is 145 Å². The van der Waals surface area contributed by atoms with Crippen LogP contribution in [-0.2, 0) is 66.1 Å². The summed E-state index contributed by atoms with van der Waals surface area (Å²) in [6.45, 7) is 11.7. The first-order chi connectivity index (χ1) is 56.7. The molecule has 119 heavy (non-hydrogen) atoms. The fraction of sp³-hybridized carbons (Fsp3) is 0.329. The molecule has 15 rings (SSSR count). The highest BCUT2D eigenvalue weighted by molar-refractivity contribution is 9.11. The summed E-state index contributed by atoms with van der Waals surface area (Å²) in [5, 5.41) is 24.7. The Bertz CT molecular complexity index is 5970. The molecular formula is C82H79Br3F3N21O10. The van der Waals surface area contributed by atoms with Crippen LogP contribution in [0.1, 0.15) is 109 Å². The van der Waals surface area contributed by atoms with Crippen LogP contribution in [0.2, 0.25) is 0 Å². The van der Waals surface area contributed by atoms with Crippen molar-refractivity contribution in [2.24, 2.45) is 0 Å². The number of benzene rings is 3. The molecule has 9 aromatic heterocycles. The molecule has 3 aliphatic heterocycles. The normalized spacial score (nSPS) is 18.2. The van der Waals surface area contributed by atoms with Crippen LogP contribution in [0.25, 0.3) is 66.1 Å². The maximum Gasteiger partial charge on any atom is 0.248 e. The second kappa shape index (κ2) is 35.7. The molecule has 3 saturated heterocycles. The van der Waals surface area contributed by atoms with E-state index < -0.39 is 65.2 Å². The SMILES string of the molecule is CC(=O)c1nn(CC(=O)N2C[C@](C)(F)C[C@H]2C(=O)Nc2cccc(Br)n2)c2ccc(-c3cnc(C)nc3)cc12.CCn1cc(Br)c(CC(=O)[C@@H]2C[C@@H](F)CN2C(=O)Cn2nc(C(C)=O)c3cc(-c4cnc(C)nc4)ccc32)n1.COC[C@@]1(F)C[C@@H](C(=O)Nc2cccc(Br)n2)N(C(=O)Cn2nc(C(C)=O)c3cc(-c4cnc(C)nc4)ccc32)C1. The molecule has 614 valence electrons. The van der Waals surface area contributed by atoms with Gasteiger partial charge in [0, 0.05) is 130 Å². The van der Waals surface area contributed by atoms with Crippen LogP contribution >= 0.6 is 47.8 Å². The van der Waals surface area contributed by atoms with E-state index in [1.807, 2.05) is 37.3 Å². The van der Waals surface area contributed by atoms with Crippen molar-refractivity contribution in [3.63, 3.8) is 0 Å². The summed E-state index contributed by atoms with van der Waals surface area (Å²) < 4.78 is 58.0. The van der Waals surface area contributed by atoms with E-state index in [1.165, 1.54) is 63.5 Å². The molecule has 0 bridgehead atoms. The number of rotatable bonds is 22. The molecule has 3 aromatic carbocycles. The first-order valence-corrected chi connectivity index (χ1v) is 40.0. The zero-order valence-corrected chi connectivity index (χ0v) is 70.6. The fourth-order valence-electron chi connectivity index (χ4n) is 14.6. The Labute approximate surface area is 703 Å². The van der Waals surface area contributed by atoms with E-state index in [-0.39, 0.29) is 123 Å². The van der Waals surface area contributed by atoms with Gasteiger partial charge >= 0.3 is 0 Å². The molecule has 3 aliphatic rings. The minimum Gasteiger partial charge on any atom is -0.381 e. The molecule has 3 fully saturated rings. The molecule has 6 atom stereocenters. The molecule has 0 spiro atoms. The van der Waals surface area contributed by atoms with Gasteiger partial charge in [-0.2, -0.15) is 20.4 Å². The van der Waals surface area contributed by atoms with Gasteiger partial charge in [0.25, 0.3) is 0 Å². The number of aryl methyl sites for hydroxylation is 4. The molecule has 37 heteroatoms. The van der Waals surface area contributed by atoms with E-state index in [2.05, 4.69) is 119 Å². The Morgan fingerprint density at radius 1 is 0.521 bits per heavy atom. The van der Waals surface area contributed by atoms with Crippen LogP contribution in [0.4, 0.5) is 24.8 Å². The van der Waals surface area contributed by atoms with Gasteiger partial charge in [-0.15, -0.1) is 0 Å². The maximum absolute atomic E-state index is 15.7. The standard InChI is InChI=1S/C28H27BrFN7O4.C27H25BrFN7O3.C27H27BrFN7O3/c1-16(38)26-20-9-18(19-11-31-17(2)32-12-19)7-8-21(20)37(35-26)13-25(39)36-14-28(30,15-41-3)10-22(36)27(40)34-24-6-4-5-23(29)33-24;1-15(37)25-19-9-17(18-11-30-16(2)31-12-18)7-8-20(19)36(34-25)13-24(38)35-14-27(3,29)10-21(35)26(39)33-23-6-4-5-22(28)32-23;1-4-34-13-21(28)22(32-34)9-25(38)24-8-19(29)12-35(24)26(39)14-36-23-6-5-17(18-10-30-16(3)31-11-18)7-20(23)27(33-36)15(2)37/h4-9,11-12,22H,10,13-15H2,1-3H3,(H,33,34,40);4-9,11-12,21H,10,13-14H2,1-3H3,(H,32,33,39);5-7,10-11,13,19,24H,4,8-9,12,14H2,1-3H3/t22-,28+;21-,27+;19-,24+/m001/s1. The number of methoxy groups -OCH3 is 1. The second-order valence-electron chi connectivity index (χ2n) is 29.4. The predicted molar refractivity (Wildman–Crippen MR) is 442 cm³/mol. The van der Waals surface area contributed by atoms with Gasteiger partial charge in [-0.05, 0) is 160 Å². The number of hydrogen-bond acceptors (Lipinski definition) is 22. The third kappa shape index (κ3) is 19.4. The smallest absolute Gasteiger partial charge is 0.248 e. The fourth-order valence-corrected chi connectivity index (χ4v) is 15.7. The largest absolute Gasteiger partial charge is 0.381 e. The average molecular weight is 1820 g/mol. The van der Waals surface area contributed by atoms with Gasteiger partial charge in [-0.1, -0.05) is 30.3 Å². The van der Waals surface area contributed by atoms with Crippen molar-refractivity contribution < 1.29 is 61.1 Å². The van der Waals surface area contributed by atoms with Crippen molar-refractivity contribution in [2.45, 2.75) is 143 Å². The number of nitrogens with zero attached hydrogens (tertiary/aromatic N) is 19. The maximum atomic E-state index is 15.7. The third-order valence-corrected chi connectivity index (χ3v) is 21.9. The number of aromatic nitrogens is 16. The van der Waals surface area contributed by atoms with Gasteiger partial charge < -0.3 is 30.1 Å². The molecule has 12 aromatic rings. The lowest BCUT2D eigenvalue weighted by Crippen LogP contribution is -2.45. The lowest BCUT2D eigenvalue weighted by atomic mass is 10.0. The van der Waals surface area contributed by atoms with Gasteiger partial charge in [0.15, 0.2) is 28.8 Å². The number of Topliss-reactive ketones (excluding diaryl/α,β-unsaturated/α-hetero) is 4. The van der Waals surface area contributed by atoms with Crippen LogP contribution in [0.15, 0.2) is 148 Å². The number of fused-ring (bicyclic) bond motifs is 3. The Balaban J connectivity index is 0.000000155. The van der Waals surface area contributed by atoms with Crippen molar-refractivity contribution in [3.8, 4) is 33.4 Å². The lowest BCUT2D eigenvalue weighted by molar-refractivity contribution is -0.138. The zero-order chi connectivity index (χ0) is 85.1. The van der Waals surface area contributed by atoms with E-state index in [0.717, 1.165) is 33.4 Å². The van der Waals surface area contributed by atoms with E-state index in [4.69, 9.17) is 4.74 Å². The van der Waals surface area contributed by atoms with E-state index >= 15 is 8.78 Å². The topological polar surface area (TPSA) is 371 Å². The number of pyridine rings is 2. The summed E-state index contributed by atoms with van der Waals surface area (Å²) in [4.78, 5) is 155. The number of anilines is 2. The number of ketones is 4. The summed E-state index contributed by atoms with van der Waals surface area (Å²) in [5.41, 5.74) is 3.90. The quantitative estimate of drug-likeness (QED) is 0.0470. The number of carbonyl (C=O) groups excluding carboxylic acids is 9. The highest BCUT2D eigenvalue weighted by Gasteiger charge is 2.51. The number of hydrogen-bond donors (Lipinski definition) is 2. The lowest BCUT2D eigenvalue weighted by Gasteiger charge is -2.24. The molecule has 0 saturated carbocycles. The third-order valence-electron chi connectivity index (χ3n) is 20.3. The number of ether oxygens (including phenoxy) is 1. The first-order valence-electron chi connectivity index (χ1n) is 37.6. The van der Waals surface area contributed by atoms with Crippen LogP contribution < -0.4 is 10.6 Å². The van der Waals surface area contributed by atoms with Crippen LogP contribution in [0.5, 0.6) is 0 Å². The highest BCUT2D eigenvalue weighted by atomic mass is 79.9. The van der Waals surface area contributed by atoms with Crippen molar-refractivity contribution in [3.05, 3.63) is 188 Å². The Hall–Kier alpha value is -12.0. The number of alkyl halides is 3. The number of halogens is 6. The average Bonchev–Trinajstić information content (AvgIpc) is 1.66. The monoisotopic (exact) mass is 1810 g/mol. The predicted octanol–water partition coefficient (Wildman–Crippen LogP) is 11.6. The Kier molecular flexibility index (Phi) is 25.5. The van der Waals surface area contributed by atoms with E-state index in [9.17, 15) is 47.5 Å². The molecule has 31 nitrogen and oxygen atoms in total. The summed E-state index contributed by atoms with van der Waals surface area (Å²) in [6, 6.07) is 23.2. The second-order valence-corrected chi connectivity index (χ2v) is 31.9. The van der Waals surface area contributed by atoms with Crippen LogP contribution in [0, 0.1) is 20.8 Å². The number of amides is 5. The molecule has 2 N–H and O–H groups in total. The van der Waals surface area contributed by atoms with Gasteiger partial charge in [0.2, 0.25) is 29.5 Å². The van der Waals surface area contributed by atoms with E-state index in [0.29, 0.717) is 76.1 Å². The minimum absolute atomic E-state index is 0.0144. The molecule has 0 unspecified atom stereocenters. The molecule has 5 amide bonds. The highest BCUT2D eigenvalue weighted by Crippen LogP contribution is 2.37. The molecular weight excluding hydrogens is 1740 g/mol. The summed E-state index contributed by atoms with van der Waals surface area (Å²) in [7, 11) is 1.36. The van der Waals surface area contributed by atoms with Gasteiger partial charge in [0.05, 0.1) is 65.4 Å². The number of nitrogens with one attached hydrogen (secondary N) is 2. The minimum atomic E-state index is -1.92. The molecule has 0 aliphatic carbocycles. The van der Waals surface area contributed by atoms with E-state index in [1.54, 1.807) is 129 Å². The van der Waals surface area contributed by atoms with Gasteiger partial charge in [0.1, 0.15) is 99.0 Å². The Morgan fingerprint density at radius 2 is 0.916 bits per heavy atom. The first kappa shape index (κ1) is 84.9. The van der Waals surface area contributed by atoms with Crippen molar-refractivity contribution in [1.29, 1.82) is 0 Å². The number of likely N-dealkylation sites (tertiary alicyclic amines) is 3. The van der Waals surface area contributed by atoms with Gasteiger partial charge in [-0.3, -0.25) is 61.9 Å². The molecule has 12 heterocycles. The van der Waals surface area contributed by atoms with Gasteiger partial charge in [-0.25, -0.2) is 53.0 Å². The van der Waals surface area contributed by atoms with Crippen molar-refractivity contribution in [2.75, 3.05) is 44.0 Å². The summed E-state index contributed by atoms with van der Waals surface area (Å²) in [5.74, 6) is -1.16. The summed E-state index contributed by atoms with van der Waals surface area (Å²) >= 11 is 9.93. The van der Waals surface area contributed by atoms with Crippen molar-refractivity contribution in [1.82, 2.24) is 93.7 Å².